The molecule has 0 aliphatic rings. The normalized spacial score (nSPS) is 11.7. The van der Waals surface area contributed by atoms with Gasteiger partial charge in [0.15, 0.2) is 0 Å². The molecule has 110 valence electrons. The molecule has 0 spiro atoms. The zero-order chi connectivity index (χ0) is 15.3. The zero-order valence-corrected chi connectivity index (χ0v) is 13.1. The minimum Gasteiger partial charge on any atom is -0.496 e. The second-order valence-corrected chi connectivity index (χ2v) is 6.75. The molecule has 20 heavy (non-hydrogen) atoms. The standard InChI is InChI=1S/C12H16ClN3O3S/c1-15(2)20(17,18)16(7-6-14)9-10-8-11(13)4-5-12(10)19-3/h4-5,8H,7,9H2,1-3H3. The molecule has 0 amide bonds. The summed E-state index contributed by atoms with van der Waals surface area (Å²) in [5.74, 6) is 0.520. The van der Waals surface area contributed by atoms with Crippen molar-refractivity contribution >= 4 is 21.8 Å². The maximum Gasteiger partial charge on any atom is 0.282 e. The number of hydrogen-bond acceptors (Lipinski definition) is 4. The van der Waals surface area contributed by atoms with Crippen LogP contribution in [0.25, 0.3) is 0 Å². The molecule has 0 N–H and O–H groups in total. The lowest BCUT2D eigenvalue weighted by molar-refractivity contribution is 0.376. The van der Waals surface area contributed by atoms with Crippen molar-refractivity contribution in [1.82, 2.24) is 8.61 Å². The van der Waals surface area contributed by atoms with Crippen LogP contribution in [0, 0.1) is 11.3 Å². The molecule has 0 saturated heterocycles. The summed E-state index contributed by atoms with van der Waals surface area (Å²) in [6.45, 7) is -0.242. The third-order valence-electron chi connectivity index (χ3n) is 2.62. The molecule has 0 radical (unpaired) electrons. The van der Waals surface area contributed by atoms with E-state index in [0.717, 1.165) is 8.61 Å². The molecule has 1 aromatic carbocycles. The number of halogens is 1. The summed E-state index contributed by atoms with van der Waals surface area (Å²) < 4.78 is 31.6. The van der Waals surface area contributed by atoms with Crippen LogP contribution in [0.4, 0.5) is 0 Å². The zero-order valence-electron chi connectivity index (χ0n) is 11.5. The number of benzene rings is 1. The van der Waals surface area contributed by atoms with Crippen molar-refractivity contribution in [1.29, 1.82) is 5.26 Å². The fourth-order valence-corrected chi connectivity index (χ4v) is 2.77. The maximum absolute atomic E-state index is 12.1. The molecule has 8 heteroatoms. The lowest BCUT2D eigenvalue weighted by Gasteiger charge is -2.23. The van der Waals surface area contributed by atoms with Gasteiger partial charge in [0.25, 0.3) is 10.2 Å². The molecule has 0 unspecified atom stereocenters. The Morgan fingerprint density at radius 3 is 2.55 bits per heavy atom. The van der Waals surface area contributed by atoms with Gasteiger partial charge in [-0.25, -0.2) is 0 Å². The first-order valence-electron chi connectivity index (χ1n) is 5.70. The summed E-state index contributed by atoms with van der Waals surface area (Å²) in [6.07, 6.45) is 0. The van der Waals surface area contributed by atoms with E-state index >= 15 is 0 Å². The molecule has 6 nitrogen and oxygen atoms in total. The van der Waals surface area contributed by atoms with Crippen LogP contribution < -0.4 is 4.74 Å². The highest BCUT2D eigenvalue weighted by atomic mass is 35.5. The van der Waals surface area contributed by atoms with E-state index in [1.807, 2.05) is 6.07 Å². The van der Waals surface area contributed by atoms with Crippen LogP contribution in [-0.2, 0) is 16.8 Å². The van der Waals surface area contributed by atoms with Gasteiger partial charge in [0.05, 0.1) is 13.2 Å². The van der Waals surface area contributed by atoms with Crippen molar-refractivity contribution < 1.29 is 13.2 Å². The second kappa shape index (κ2) is 6.90. The van der Waals surface area contributed by atoms with Gasteiger partial charge >= 0.3 is 0 Å². The van der Waals surface area contributed by atoms with E-state index in [9.17, 15) is 8.42 Å². The van der Waals surface area contributed by atoms with Crippen molar-refractivity contribution in [3.63, 3.8) is 0 Å². The molecule has 0 bridgehead atoms. The molecule has 0 fully saturated rings. The van der Waals surface area contributed by atoms with Gasteiger partial charge in [-0.3, -0.25) is 0 Å². The fraction of sp³-hybridized carbons (Fsp3) is 0.417. The molecule has 0 atom stereocenters. The first-order chi connectivity index (χ1) is 9.32. The van der Waals surface area contributed by atoms with E-state index in [1.165, 1.54) is 21.2 Å². The Hall–Kier alpha value is -1.33. The van der Waals surface area contributed by atoms with E-state index in [4.69, 9.17) is 21.6 Å². The van der Waals surface area contributed by atoms with E-state index in [-0.39, 0.29) is 13.1 Å². The summed E-state index contributed by atoms with van der Waals surface area (Å²) in [5, 5.41) is 9.28. The molecule has 0 heterocycles. The van der Waals surface area contributed by atoms with Crippen molar-refractivity contribution in [3.05, 3.63) is 28.8 Å². The lowest BCUT2D eigenvalue weighted by Crippen LogP contribution is -2.39. The van der Waals surface area contributed by atoms with Crippen LogP contribution in [0.5, 0.6) is 5.75 Å². The second-order valence-electron chi connectivity index (χ2n) is 4.17. The van der Waals surface area contributed by atoms with Crippen LogP contribution in [-0.4, -0.2) is 44.8 Å². The molecular formula is C12H16ClN3O3S. The summed E-state index contributed by atoms with van der Waals surface area (Å²) in [7, 11) is 0.620. The molecule has 0 aliphatic carbocycles. The Labute approximate surface area is 124 Å². The van der Waals surface area contributed by atoms with Crippen molar-refractivity contribution in [3.8, 4) is 11.8 Å². The highest BCUT2D eigenvalue weighted by Gasteiger charge is 2.25. The van der Waals surface area contributed by atoms with E-state index in [1.54, 1.807) is 18.2 Å². The van der Waals surface area contributed by atoms with Crippen LogP contribution in [0.2, 0.25) is 5.02 Å². The highest BCUT2D eigenvalue weighted by molar-refractivity contribution is 7.86. The number of nitriles is 1. The van der Waals surface area contributed by atoms with Gasteiger partial charge < -0.3 is 4.74 Å². The quantitative estimate of drug-likeness (QED) is 0.745. The van der Waals surface area contributed by atoms with Crippen molar-refractivity contribution in [2.75, 3.05) is 27.7 Å². The first-order valence-corrected chi connectivity index (χ1v) is 7.47. The maximum atomic E-state index is 12.1. The summed E-state index contributed by atoms with van der Waals surface area (Å²) in [4.78, 5) is 0. The van der Waals surface area contributed by atoms with E-state index in [0.29, 0.717) is 16.3 Å². The average Bonchev–Trinajstić information content (AvgIpc) is 2.38. The van der Waals surface area contributed by atoms with Crippen LogP contribution in [0.1, 0.15) is 5.56 Å². The molecule has 0 aromatic heterocycles. The summed E-state index contributed by atoms with van der Waals surface area (Å²) >= 11 is 5.91. The van der Waals surface area contributed by atoms with E-state index in [2.05, 4.69) is 0 Å². The smallest absolute Gasteiger partial charge is 0.282 e. The van der Waals surface area contributed by atoms with Crippen molar-refractivity contribution in [2.45, 2.75) is 6.54 Å². The largest absolute Gasteiger partial charge is 0.496 e. The van der Waals surface area contributed by atoms with Gasteiger partial charge in [0.1, 0.15) is 12.3 Å². The number of rotatable bonds is 6. The van der Waals surface area contributed by atoms with Crippen LogP contribution in [0.15, 0.2) is 18.2 Å². The Bertz CT molecular complexity index is 611. The Morgan fingerprint density at radius 1 is 1.40 bits per heavy atom. The Balaban J connectivity index is 3.15. The number of ether oxygens (including phenoxy) is 1. The summed E-state index contributed by atoms with van der Waals surface area (Å²) in [6, 6.07) is 6.78. The predicted octanol–water partition coefficient (Wildman–Crippen LogP) is 1.48. The first kappa shape index (κ1) is 16.7. The molecule has 0 saturated carbocycles. The topological polar surface area (TPSA) is 73.6 Å². The van der Waals surface area contributed by atoms with Crippen LogP contribution >= 0.6 is 11.6 Å². The molecular weight excluding hydrogens is 302 g/mol. The Morgan fingerprint density at radius 2 is 2.05 bits per heavy atom. The van der Waals surface area contributed by atoms with Gasteiger partial charge in [-0.1, -0.05) is 11.6 Å². The molecule has 1 rings (SSSR count). The van der Waals surface area contributed by atoms with Gasteiger partial charge in [-0.2, -0.15) is 22.3 Å². The molecule has 0 aliphatic heterocycles. The molecule has 1 aromatic rings. The monoisotopic (exact) mass is 317 g/mol. The third kappa shape index (κ3) is 3.84. The third-order valence-corrected chi connectivity index (χ3v) is 4.69. The number of hydrogen-bond donors (Lipinski definition) is 0. The van der Waals surface area contributed by atoms with Gasteiger partial charge in [-0.15, -0.1) is 0 Å². The average molecular weight is 318 g/mol. The van der Waals surface area contributed by atoms with Crippen molar-refractivity contribution in [2.24, 2.45) is 0 Å². The number of nitrogens with zero attached hydrogens (tertiary/aromatic N) is 3. The van der Waals surface area contributed by atoms with E-state index < -0.39 is 10.2 Å². The lowest BCUT2D eigenvalue weighted by atomic mass is 10.2. The predicted molar refractivity (Wildman–Crippen MR) is 76.6 cm³/mol. The van der Waals surface area contributed by atoms with Gasteiger partial charge in [0, 0.05) is 31.2 Å². The minimum atomic E-state index is -3.69. The van der Waals surface area contributed by atoms with Gasteiger partial charge in [0.2, 0.25) is 0 Å². The van der Waals surface area contributed by atoms with Gasteiger partial charge in [-0.05, 0) is 18.2 Å². The Kier molecular flexibility index (Phi) is 5.77. The highest BCUT2D eigenvalue weighted by Crippen LogP contribution is 2.25. The fourth-order valence-electron chi connectivity index (χ4n) is 1.59. The SMILES string of the molecule is COc1ccc(Cl)cc1CN(CC#N)S(=O)(=O)N(C)C. The minimum absolute atomic E-state index is 0.0117. The number of methoxy groups -OCH3 is 1. The van der Waals surface area contributed by atoms with Crippen LogP contribution in [0.3, 0.4) is 0 Å². The summed E-state index contributed by atoms with van der Waals surface area (Å²) in [5.41, 5.74) is 0.598.